The maximum Gasteiger partial charge on any atom is 0.451 e. The van der Waals surface area contributed by atoms with Gasteiger partial charge in [-0.15, -0.1) is 0 Å². The third-order valence-corrected chi connectivity index (χ3v) is 5.23. The first-order valence-electron chi connectivity index (χ1n) is 7.85. The summed E-state index contributed by atoms with van der Waals surface area (Å²) in [5.41, 5.74) is 0.792. The molecule has 3 rings (SSSR count). The van der Waals surface area contributed by atoms with Gasteiger partial charge in [-0.3, -0.25) is 0 Å². The molecule has 0 amide bonds. The molecule has 1 aromatic rings. The molecule has 2 fully saturated rings. The molecular weight excluding hydrogens is 291 g/mol. The summed E-state index contributed by atoms with van der Waals surface area (Å²) in [6, 6.07) is 1.58. The topological polar surface area (TPSA) is 29.0 Å². The van der Waals surface area contributed by atoms with Crippen LogP contribution >= 0.6 is 0 Å². The van der Waals surface area contributed by atoms with Crippen LogP contribution in [0.15, 0.2) is 12.3 Å². The van der Waals surface area contributed by atoms with E-state index in [2.05, 4.69) is 23.8 Å². The van der Waals surface area contributed by atoms with E-state index in [9.17, 15) is 13.2 Å². The van der Waals surface area contributed by atoms with Gasteiger partial charge in [-0.2, -0.15) is 13.2 Å². The van der Waals surface area contributed by atoms with Crippen molar-refractivity contribution in [2.45, 2.75) is 52.1 Å². The number of alkyl halides is 3. The molecule has 0 unspecified atom stereocenters. The monoisotopic (exact) mass is 313 g/mol. The summed E-state index contributed by atoms with van der Waals surface area (Å²) in [6.45, 7) is 6.19. The third kappa shape index (κ3) is 3.06. The lowest BCUT2D eigenvalue weighted by molar-refractivity contribution is -0.144. The van der Waals surface area contributed by atoms with E-state index in [-0.39, 0.29) is 0 Å². The van der Waals surface area contributed by atoms with E-state index in [0.717, 1.165) is 25.9 Å². The Morgan fingerprint density at radius 2 is 1.77 bits per heavy atom. The van der Waals surface area contributed by atoms with Crippen molar-refractivity contribution in [3.8, 4) is 0 Å². The summed E-state index contributed by atoms with van der Waals surface area (Å²) < 4.78 is 38.2. The van der Waals surface area contributed by atoms with Gasteiger partial charge in [0.05, 0.1) is 0 Å². The quantitative estimate of drug-likeness (QED) is 0.774. The average molecular weight is 313 g/mol. The first-order chi connectivity index (χ1) is 10.2. The van der Waals surface area contributed by atoms with Crippen molar-refractivity contribution in [1.82, 2.24) is 9.97 Å². The number of hydrogen-bond donors (Lipinski definition) is 0. The summed E-state index contributed by atoms with van der Waals surface area (Å²) in [5, 5.41) is 0. The van der Waals surface area contributed by atoms with E-state index >= 15 is 0 Å². The smallest absolute Gasteiger partial charge is 0.356 e. The largest absolute Gasteiger partial charge is 0.451 e. The number of nitrogens with zero attached hydrogens (tertiary/aromatic N) is 3. The van der Waals surface area contributed by atoms with Crippen LogP contribution in [0.1, 0.15) is 51.8 Å². The van der Waals surface area contributed by atoms with Gasteiger partial charge >= 0.3 is 6.18 Å². The fourth-order valence-corrected chi connectivity index (χ4v) is 4.09. The molecule has 122 valence electrons. The SMILES string of the molecule is CC1(C)CCC2(CCN(c3ccnc(C(F)(F)F)n3)CC2)C1. The van der Waals surface area contributed by atoms with Crippen molar-refractivity contribution in [3.63, 3.8) is 0 Å². The Balaban J connectivity index is 1.70. The van der Waals surface area contributed by atoms with Crippen LogP contribution in [0.4, 0.5) is 19.0 Å². The molecule has 0 N–H and O–H groups in total. The highest BCUT2D eigenvalue weighted by molar-refractivity contribution is 5.38. The van der Waals surface area contributed by atoms with Gasteiger partial charge in [-0.1, -0.05) is 13.8 Å². The molecule has 3 nitrogen and oxygen atoms in total. The second kappa shape index (κ2) is 5.10. The minimum atomic E-state index is -4.48. The van der Waals surface area contributed by atoms with E-state index < -0.39 is 12.0 Å². The van der Waals surface area contributed by atoms with Gasteiger partial charge in [0.25, 0.3) is 0 Å². The van der Waals surface area contributed by atoms with Crippen LogP contribution in [0, 0.1) is 10.8 Å². The van der Waals surface area contributed by atoms with Gasteiger partial charge in [0.2, 0.25) is 5.82 Å². The highest BCUT2D eigenvalue weighted by Gasteiger charge is 2.44. The molecule has 1 aromatic heterocycles. The molecule has 6 heteroatoms. The van der Waals surface area contributed by atoms with E-state index in [0.29, 0.717) is 16.6 Å². The summed E-state index contributed by atoms with van der Waals surface area (Å²) in [7, 11) is 0. The Hall–Kier alpha value is -1.33. The van der Waals surface area contributed by atoms with Gasteiger partial charge in [0, 0.05) is 19.3 Å². The Morgan fingerprint density at radius 3 is 2.32 bits per heavy atom. The molecule has 2 heterocycles. The molecule has 1 saturated heterocycles. The van der Waals surface area contributed by atoms with Crippen molar-refractivity contribution in [3.05, 3.63) is 18.1 Å². The van der Waals surface area contributed by atoms with Gasteiger partial charge in [-0.25, -0.2) is 9.97 Å². The van der Waals surface area contributed by atoms with Crippen molar-refractivity contribution in [2.24, 2.45) is 10.8 Å². The van der Waals surface area contributed by atoms with Gasteiger partial charge in [0.1, 0.15) is 5.82 Å². The molecule has 0 aromatic carbocycles. The fourth-order valence-electron chi connectivity index (χ4n) is 4.09. The van der Waals surface area contributed by atoms with Crippen LogP contribution in [0.3, 0.4) is 0 Å². The fraction of sp³-hybridized carbons (Fsp3) is 0.750. The molecule has 1 spiro atoms. The van der Waals surface area contributed by atoms with Gasteiger partial charge in [-0.05, 0) is 49.0 Å². The van der Waals surface area contributed by atoms with E-state index in [4.69, 9.17) is 0 Å². The minimum absolute atomic E-state index is 0.389. The number of hydrogen-bond acceptors (Lipinski definition) is 3. The molecule has 0 atom stereocenters. The summed E-state index contributed by atoms with van der Waals surface area (Å²) in [4.78, 5) is 9.00. The van der Waals surface area contributed by atoms with Crippen molar-refractivity contribution in [2.75, 3.05) is 18.0 Å². The second-order valence-corrected chi connectivity index (χ2v) is 7.56. The summed E-state index contributed by atoms with van der Waals surface area (Å²) in [5.74, 6) is -0.651. The van der Waals surface area contributed by atoms with Crippen LogP contribution in [-0.4, -0.2) is 23.1 Å². The van der Waals surface area contributed by atoms with Crippen LogP contribution < -0.4 is 4.90 Å². The predicted octanol–water partition coefficient (Wildman–Crippen LogP) is 4.29. The van der Waals surface area contributed by atoms with E-state index in [1.807, 2.05) is 4.90 Å². The normalized spacial score (nSPS) is 24.0. The van der Waals surface area contributed by atoms with Gasteiger partial charge in [0.15, 0.2) is 0 Å². The zero-order valence-electron chi connectivity index (χ0n) is 13.1. The second-order valence-electron chi connectivity index (χ2n) is 7.56. The molecule has 1 saturated carbocycles. The highest BCUT2D eigenvalue weighted by Crippen LogP contribution is 2.54. The van der Waals surface area contributed by atoms with Crippen molar-refractivity contribution >= 4 is 5.82 Å². The van der Waals surface area contributed by atoms with Crippen molar-refractivity contribution in [1.29, 1.82) is 0 Å². The standard InChI is InChI=1S/C16H22F3N3/c1-14(2)4-5-15(11-14)6-9-22(10-7-15)12-3-8-20-13(21-12)16(17,18)19/h3,8H,4-7,9-11H2,1-2H3. The Morgan fingerprint density at radius 1 is 1.09 bits per heavy atom. The Labute approximate surface area is 128 Å². The van der Waals surface area contributed by atoms with Crippen LogP contribution in [0.5, 0.6) is 0 Å². The molecule has 0 radical (unpaired) electrons. The molecule has 0 bridgehead atoms. The maximum absolute atomic E-state index is 12.7. The number of anilines is 1. The molecule has 2 aliphatic rings. The zero-order chi connectivity index (χ0) is 16.0. The Kier molecular flexibility index (Phi) is 3.61. The zero-order valence-corrected chi connectivity index (χ0v) is 13.1. The summed E-state index contributed by atoms with van der Waals surface area (Å²) >= 11 is 0. The maximum atomic E-state index is 12.7. The van der Waals surface area contributed by atoms with E-state index in [1.54, 1.807) is 6.07 Å². The number of piperidine rings is 1. The lowest BCUT2D eigenvalue weighted by Crippen LogP contribution is -2.40. The van der Waals surface area contributed by atoms with Crippen molar-refractivity contribution < 1.29 is 13.2 Å². The average Bonchev–Trinajstić information content (AvgIpc) is 2.74. The number of rotatable bonds is 1. The number of halogens is 3. The molecule has 22 heavy (non-hydrogen) atoms. The molecular formula is C16H22F3N3. The highest BCUT2D eigenvalue weighted by atomic mass is 19.4. The lowest BCUT2D eigenvalue weighted by Gasteiger charge is -2.40. The predicted molar refractivity (Wildman–Crippen MR) is 78.5 cm³/mol. The van der Waals surface area contributed by atoms with E-state index in [1.165, 1.54) is 25.5 Å². The lowest BCUT2D eigenvalue weighted by atomic mass is 9.74. The minimum Gasteiger partial charge on any atom is -0.356 e. The van der Waals surface area contributed by atoms with Crippen LogP contribution in [-0.2, 0) is 6.18 Å². The van der Waals surface area contributed by atoms with Crippen LogP contribution in [0.25, 0.3) is 0 Å². The first-order valence-corrected chi connectivity index (χ1v) is 7.85. The molecule has 1 aliphatic carbocycles. The number of aromatic nitrogens is 2. The first kappa shape index (κ1) is 15.6. The third-order valence-electron chi connectivity index (χ3n) is 5.23. The molecule has 1 aliphatic heterocycles. The summed E-state index contributed by atoms with van der Waals surface area (Å²) in [6.07, 6.45) is 2.52. The Bertz CT molecular complexity index is 546. The van der Waals surface area contributed by atoms with Crippen LogP contribution in [0.2, 0.25) is 0 Å². The van der Waals surface area contributed by atoms with Gasteiger partial charge < -0.3 is 4.90 Å².